The van der Waals surface area contributed by atoms with Gasteiger partial charge in [0.05, 0.1) is 0 Å². The number of amides is 5. The highest BCUT2D eigenvalue weighted by atomic mass is 16.2. The van der Waals surface area contributed by atoms with E-state index in [9.17, 15) is 19.2 Å². The van der Waals surface area contributed by atoms with Gasteiger partial charge < -0.3 is 16.0 Å². The van der Waals surface area contributed by atoms with E-state index in [4.69, 9.17) is 0 Å². The minimum absolute atomic E-state index is 0.0401. The largest absolute Gasteiger partial charge is 0.354 e. The molecule has 0 radical (unpaired) electrons. The maximum atomic E-state index is 13.0. The molecule has 0 aromatic heterocycles. The highest BCUT2D eigenvalue weighted by molar-refractivity contribution is 6.09. The van der Waals surface area contributed by atoms with Crippen LogP contribution in [0.5, 0.6) is 0 Å². The van der Waals surface area contributed by atoms with Gasteiger partial charge in [0, 0.05) is 19.0 Å². The molecule has 2 fully saturated rings. The number of urea groups is 1. The molecule has 1 aliphatic heterocycles. The number of nitrogens with one attached hydrogen (secondary N) is 3. The second-order valence-corrected chi connectivity index (χ2v) is 9.34. The molecular weight excluding hydrogens is 372 g/mol. The van der Waals surface area contributed by atoms with Crippen LogP contribution in [0.1, 0.15) is 73.1 Å². The van der Waals surface area contributed by atoms with Crippen molar-refractivity contribution in [3.8, 4) is 0 Å². The van der Waals surface area contributed by atoms with E-state index in [1.165, 1.54) is 0 Å². The van der Waals surface area contributed by atoms with E-state index in [1.807, 2.05) is 13.8 Å². The SMILES string of the molecule is CCC(C)(C)C1CCC2(CC1)NC(=O)N(CC(=O)NCCC(=O)NC(C)C)C2=O. The summed E-state index contributed by atoms with van der Waals surface area (Å²) in [6, 6.07) is -0.464. The summed E-state index contributed by atoms with van der Waals surface area (Å²) in [6.45, 7) is 10.3. The lowest BCUT2D eigenvalue weighted by Crippen LogP contribution is -2.51. The van der Waals surface area contributed by atoms with Gasteiger partial charge >= 0.3 is 6.03 Å². The minimum Gasteiger partial charge on any atom is -0.354 e. The van der Waals surface area contributed by atoms with E-state index in [1.54, 1.807) is 0 Å². The van der Waals surface area contributed by atoms with Crippen LogP contribution >= 0.6 is 0 Å². The van der Waals surface area contributed by atoms with Crippen LogP contribution in [0.25, 0.3) is 0 Å². The second-order valence-electron chi connectivity index (χ2n) is 9.34. The number of hydrogen-bond acceptors (Lipinski definition) is 4. The summed E-state index contributed by atoms with van der Waals surface area (Å²) < 4.78 is 0. The van der Waals surface area contributed by atoms with E-state index >= 15 is 0 Å². The summed E-state index contributed by atoms with van der Waals surface area (Å²) >= 11 is 0. The van der Waals surface area contributed by atoms with Crippen molar-refractivity contribution in [2.75, 3.05) is 13.1 Å². The Labute approximate surface area is 173 Å². The first-order valence-corrected chi connectivity index (χ1v) is 10.7. The van der Waals surface area contributed by atoms with Crippen molar-refractivity contribution >= 4 is 23.8 Å². The van der Waals surface area contributed by atoms with Crippen molar-refractivity contribution in [3.63, 3.8) is 0 Å². The summed E-state index contributed by atoms with van der Waals surface area (Å²) in [4.78, 5) is 50.1. The third-order valence-corrected chi connectivity index (χ3v) is 6.53. The van der Waals surface area contributed by atoms with Gasteiger partial charge in [-0.25, -0.2) is 4.79 Å². The van der Waals surface area contributed by atoms with Crippen LogP contribution in [0.2, 0.25) is 0 Å². The van der Waals surface area contributed by atoms with Crippen molar-refractivity contribution in [2.45, 2.75) is 84.7 Å². The monoisotopic (exact) mass is 408 g/mol. The van der Waals surface area contributed by atoms with Gasteiger partial charge in [0.2, 0.25) is 11.8 Å². The first-order chi connectivity index (χ1) is 13.5. The Morgan fingerprint density at radius 3 is 2.38 bits per heavy atom. The summed E-state index contributed by atoms with van der Waals surface area (Å²) in [6.07, 6.45) is 4.23. The minimum atomic E-state index is -0.866. The molecule has 2 rings (SSSR count). The molecule has 8 nitrogen and oxygen atoms in total. The standard InChI is InChI=1S/C21H36N4O4/c1-6-20(4,5)15-7-10-21(11-8-15)18(28)25(19(29)24-21)13-17(27)22-12-9-16(26)23-14(2)3/h14-15H,6-13H2,1-5H3,(H,22,27)(H,23,26)(H,24,29). The Kier molecular flexibility index (Phi) is 7.30. The van der Waals surface area contributed by atoms with Gasteiger partial charge in [0.25, 0.3) is 5.91 Å². The van der Waals surface area contributed by atoms with Crippen LogP contribution in [0, 0.1) is 11.3 Å². The lowest BCUT2D eigenvalue weighted by Gasteiger charge is -2.42. The molecule has 5 amide bonds. The van der Waals surface area contributed by atoms with Crippen molar-refractivity contribution in [2.24, 2.45) is 11.3 Å². The number of nitrogens with zero attached hydrogens (tertiary/aromatic N) is 1. The average molecular weight is 409 g/mol. The van der Waals surface area contributed by atoms with Gasteiger partial charge in [0.15, 0.2) is 0 Å². The fourth-order valence-corrected chi connectivity index (χ4v) is 4.25. The molecule has 3 N–H and O–H groups in total. The average Bonchev–Trinajstić information content (AvgIpc) is 2.85. The normalized spacial score (nSPS) is 24.8. The summed E-state index contributed by atoms with van der Waals surface area (Å²) in [5, 5.41) is 8.20. The number of hydrogen-bond donors (Lipinski definition) is 3. The lowest BCUT2D eigenvalue weighted by atomic mass is 9.65. The quantitative estimate of drug-likeness (QED) is 0.533. The maximum absolute atomic E-state index is 13.0. The first-order valence-electron chi connectivity index (χ1n) is 10.7. The van der Waals surface area contributed by atoms with Gasteiger partial charge in [-0.05, 0) is 50.9 Å². The molecular formula is C21H36N4O4. The first kappa shape index (κ1) is 23.2. The Balaban J connectivity index is 1.86. The summed E-state index contributed by atoms with van der Waals surface area (Å²) in [7, 11) is 0. The summed E-state index contributed by atoms with van der Waals surface area (Å²) in [5.41, 5.74) is -0.649. The lowest BCUT2D eigenvalue weighted by molar-refractivity contribution is -0.136. The Hall–Kier alpha value is -2.12. The fourth-order valence-electron chi connectivity index (χ4n) is 4.25. The third-order valence-electron chi connectivity index (χ3n) is 6.53. The smallest absolute Gasteiger partial charge is 0.325 e. The molecule has 2 aliphatic rings. The molecule has 1 heterocycles. The van der Waals surface area contributed by atoms with Crippen molar-refractivity contribution < 1.29 is 19.2 Å². The molecule has 0 atom stereocenters. The maximum Gasteiger partial charge on any atom is 0.325 e. The molecule has 1 spiro atoms. The van der Waals surface area contributed by atoms with Crippen LogP contribution < -0.4 is 16.0 Å². The van der Waals surface area contributed by atoms with Gasteiger partial charge in [-0.15, -0.1) is 0 Å². The second kappa shape index (κ2) is 9.13. The van der Waals surface area contributed by atoms with Crippen molar-refractivity contribution in [1.82, 2.24) is 20.9 Å². The van der Waals surface area contributed by atoms with Crippen LogP contribution in [0.4, 0.5) is 4.79 Å². The van der Waals surface area contributed by atoms with Gasteiger partial charge in [-0.3, -0.25) is 19.3 Å². The summed E-state index contributed by atoms with van der Waals surface area (Å²) in [5.74, 6) is -0.371. The van der Waals surface area contributed by atoms with Gasteiger partial charge in [-0.1, -0.05) is 27.2 Å². The zero-order valence-electron chi connectivity index (χ0n) is 18.4. The van der Waals surface area contributed by atoms with E-state index < -0.39 is 17.5 Å². The molecule has 164 valence electrons. The molecule has 1 aliphatic carbocycles. The molecule has 0 unspecified atom stereocenters. The van der Waals surface area contributed by atoms with Crippen molar-refractivity contribution in [3.05, 3.63) is 0 Å². The molecule has 0 aromatic rings. The Bertz CT molecular complexity index is 651. The highest BCUT2D eigenvalue weighted by Gasteiger charge is 2.53. The molecule has 0 aromatic carbocycles. The van der Waals surface area contributed by atoms with E-state index in [0.717, 1.165) is 24.2 Å². The number of carbonyl (C=O) groups excluding carboxylic acids is 4. The van der Waals surface area contributed by atoms with Gasteiger partial charge in [-0.2, -0.15) is 0 Å². The zero-order chi connectivity index (χ0) is 21.8. The topological polar surface area (TPSA) is 108 Å². The van der Waals surface area contributed by atoms with Gasteiger partial charge in [0.1, 0.15) is 12.1 Å². The van der Waals surface area contributed by atoms with Crippen LogP contribution in [0.15, 0.2) is 0 Å². The van der Waals surface area contributed by atoms with E-state index in [2.05, 4.69) is 36.7 Å². The van der Waals surface area contributed by atoms with E-state index in [-0.39, 0.29) is 42.8 Å². The third kappa shape index (κ3) is 5.48. The van der Waals surface area contributed by atoms with Crippen LogP contribution in [-0.2, 0) is 14.4 Å². The Morgan fingerprint density at radius 2 is 1.83 bits per heavy atom. The Morgan fingerprint density at radius 1 is 1.21 bits per heavy atom. The predicted molar refractivity (Wildman–Crippen MR) is 110 cm³/mol. The number of imide groups is 1. The fraction of sp³-hybridized carbons (Fsp3) is 0.810. The number of rotatable bonds is 8. The van der Waals surface area contributed by atoms with Crippen LogP contribution in [-0.4, -0.2) is 53.3 Å². The molecule has 29 heavy (non-hydrogen) atoms. The molecule has 1 saturated carbocycles. The highest BCUT2D eigenvalue weighted by Crippen LogP contribution is 2.45. The molecule has 0 bridgehead atoms. The number of carbonyl (C=O) groups is 4. The zero-order valence-corrected chi connectivity index (χ0v) is 18.4. The van der Waals surface area contributed by atoms with E-state index in [0.29, 0.717) is 18.8 Å². The predicted octanol–water partition coefficient (Wildman–Crippen LogP) is 1.93. The molecule has 1 saturated heterocycles. The van der Waals surface area contributed by atoms with Crippen molar-refractivity contribution in [1.29, 1.82) is 0 Å². The van der Waals surface area contributed by atoms with Crippen LogP contribution in [0.3, 0.4) is 0 Å². The molecule has 8 heteroatoms.